The second-order valence-corrected chi connectivity index (χ2v) is 6.42. The van der Waals surface area contributed by atoms with Crippen LogP contribution in [0.1, 0.15) is 27.2 Å². The van der Waals surface area contributed by atoms with E-state index in [2.05, 4.69) is 31.4 Å². The van der Waals surface area contributed by atoms with E-state index in [0.717, 1.165) is 18.8 Å². The van der Waals surface area contributed by atoms with Gasteiger partial charge in [-0.25, -0.2) is 0 Å². The Kier molecular flexibility index (Phi) is 4.93. The van der Waals surface area contributed by atoms with Gasteiger partial charge in [-0.05, 0) is 5.41 Å². The molecule has 1 fully saturated rings. The van der Waals surface area contributed by atoms with Gasteiger partial charge in [0.2, 0.25) is 5.91 Å². The fourth-order valence-corrected chi connectivity index (χ4v) is 2.36. The number of hydrogen-bond acceptors (Lipinski definition) is 3. The Morgan fingerprint density at radius 2 is 2.27 bits per heavy atom. The summed E-state index contributed by atoms with van der Waals surface area (Å²) in [6, 6.07) is 0.365. The first-order valence-corrected chi connectivity index (χ1v) is 6.71. The molecule has 0 aromatic rings. The molecular formula is C11H22N2OS. The lowest BCUT2D eigenvalue weighted by atomic mass is 9.97. The summed E-state index contributed by atoms with van der Waals surface area (Å²) in [4.78, 5) is 11.6. The first-order valence-electron chi connectivity index (χ1n) is 5.55. The van der Waals surface area contributed by atoms with E-state index in [-0.39, 0.29) is 11.3 Å². The van der Waals surface area contributed by atoms with Gasteiger partial charge in [0.25, 0.3) is 0 Å². The van der Waals surface area contributed by atoms with Crippen molar-refractivity contribution >= 4 is 17.7 Å². The molecule has 1 aliphatic heterocycles. The average Bonchev–Trinajstić information content (AvgIpc) is 2.15. The van der Waals surface area contributed by atoms with Crippen molar-refractivity contribution in [2.24, 2.45) is 5.41 Å². The van der Waals surface area contributed by atoms with E-state index in [1.54, 1.807) is 0 Å². The Balaban J connectivity index is 2.17. The Morgan fingerprint density at radius 3 is 2.80 bits per heavy atom. The highest BCUT2D eigenvalue weighted by molar-refractivity contribution is 7.99. The summed E-state index contributed by atoms with van der Waals surface area (Å²) in [5.41, 5.74) is 0.171. The van der Waals surface area contributed by atoms with Crippen LogP contribution < -0.4 is 10.6 Å². The molecule has 0 aliphatic carbocycles. The zero-order valence-electron chi connectivity index (χ0n) is 9.93. The maximum Gasteiger partial charge on any atom is 0.221 e. The normalized spacial score (nSPS) is 22.5. The van der Waals surface area contributed by atoms with Crippen LogP contribution in [-0.2, 0) is 4.79 Å². The van der Waals surface area contributed by atoms with Crippen LogP contribution in [0.3, 0.4) is 0 Å². The summed E-state index contributed by atoms with van der Waals surface area (Å²) in [6.45, 7) is 8.17. The average molecular weight is 230 g/mol. The van der Waals surface area contributed by atoms with E-state index in [4.69, 9.17) is 0 Å². The van der Waals surface area contributed by atoms with Crippen molar-refractivity contribution in [2.45, 2.75) is 33.2 Å². The summed E-state index contributed by atoms with van der Waals surface area (Å²) < 4.78 is 0. The Morgan fingerprint density at radius 1 is 1.53 bits per heavy atom. The number of amides is 1. The zero-order chi connectivity index (χ0) is 11.3. The van der Waals surface area contributed by atoms with Gasteiger partial charge >= 0.3 is 0 Å². The first kappa shape index (κ1) is 12.8. The predicted molar refractivity (Wildman–Crippen MR) is 66.2 cm³/mol. The van der Waals surface area contributed by atoms with Gasteiger partial charge in [-0.1, -0.05) is 20.8 Å². The van der Waals surface area contributed by atoms with Crippen molar-refractivity contribution in [1.82, 2.24) is 10.6 Å². The summed E-state index contributed by atoms with van der Waals surface area (Å²) in [6.07, 6.45) is 0.614. The maximum absolute atomic E-state index is 11.6. The quantitative estimate of drug-likeness (QED) is 0.766. The molecule has 0 spiro atoms. The van der Waals surface area contributed by atoms with E-state index in [0.29, 0.717) is 12.5 Å². The third-order valence-corrected chi connectivity index (χ3v) is 3.38. The molecule has 4 heteroatoms. The molecule has 88 valence electrons. The maximum atomic E-state index is 11.6. The monoisotopic (exact) mass is 230 g/mol. The van der Waals surface area contributed by atoms with Crippen molar-refractivity contribution in [3.8, 4) is 0 Å². The second kappa shape index (κ2) is 5.75. The molecule has 1 saturated heterocycles. The summed E-state index contributed by atoms with van der Waals surface area (Å²) in [5, 5.41) is 6.35. The molecule has 3 nitrogen and oxygen atoms in total. The van der Waals surface area contributed by atoms with E-state index in [1.165, 1.54) is 5.75 Å². The van der Waals surface area contributed by atoms with Gasteiger partial charge in [0.15, 0.2) is 0 Å². The molecule has 1 atom stereocenters. The molecule has 0 aromatic heterocycles. The fraction of sp³-hybridized carbons (Fsp3) is 0.909. The van der Waals surface area contributed by atoms with Gasteiger partial charge in [-0.3, -0.25) is 4.79 Å². The minimum atomic E-state index is 0.171. The van der Waals surface area contributed by atoms with Crippen LogP contribution in [-0.4, -0.2) is 36.5 Å². The molecule has 0 bridgehead atoms. The smallest absolute Gasteiger partial charge is 0.221 e. The van der Waals surface area contributed by atoms with E-state index < -0.39 is 0 Å². The van der Waals surface area contributed by atoms with Crippen LogP contribution in [0.2, 0.25) is 0 Å². The van der Waals surface area contributed by atoms with Gasteiger partial charge in [-0.2, -0.15) is 11.8 Å². The largest absolute Gasteiger partial charge is 0.356 e. The van der Waals surface area contributed by atoms with Gasteiger partial charge in [0.05, 0.1) is 0 Å². The van der Waals surface area contributed by atoms with Crippen LogP contribution in [0.15, 0.2) is 0 Å². The lowest BCUT2D eigenvalue weighted by molar-refractivity contribution is -0.121. The van der Waals surface area contributed by atoms with Gasteiger partial charge in [-0.15, -0.1) is 0 Å². The Bertz CT molecular complexity index is 207. The first-order chi connectivity index (χ1) is 6.97. The summed E-state index contributed by atoms with van der Waals surface area (Å²) in [7, 11) is 0. The zero-order valence-corrected chi connectivity index (χ0v) is 10.7. The number of rotatable bonds is 3. The fourth-order valence-electron chi connectivity index (χ4n) is 1.41. The Labute approximate surface area is 96.8 Å². The molecule has 1 amide bonds. The predicted octanol–water partition coefficient (Wildman–Crippen LogP) is 1.24. The molecule has 15 heavy (non-hydrogen) atoms. The van der Waals surface area contributed by atoms with Crippen LogP contribution in [0.4, 0.5) is 0 Å². The van der Waals surface area contributed by atoms with E-state index in [1.807, 2.05) is 11.8 Å². The van der Waals surface area contributed by atoms with Crippen LogP contribution in [0, 0.1) is 5.41 Å². The number of nitrogens with one attached hydrogen (secondary N) is 2. The molecule has 1 rings (SSSR count). The molecule has 0 radical (unpaired) electrons. The standard InChI is InChI=1S/C11H22N2OS/c1-11(2,3)8-13-10(14)6-9-7-15-5-4-12-9/h9,12H,4-8H2,1-3H3,(H,13,14). The van der Waals surface area contributed by atoms with Crippen LogP contribution >= 0.6 is 11.8 Å². The Hall–Kier alpha value is -0.220. The van der Waals surface area contributed by atoms with E-state index >= 15 is 0 Å². The van der Waals surface area contributed by atoms with Crippen LogP contribution in [0.25, 0.3) is 0 Å². The number of carbonyl (C=O) groups is 1. The highest BCUT2D eigenvalue weighted by Gasteiger charge is 2.18. The lowest BCUT2D eigenvalue weighted by Crippen LogP contribution is -2.42. The number of thioether (sulfide) groups is 1. The van der Waals surface area contributed by atoms with Crippen molar-refractivity contribution in [3.63, 3.8) is 0 Å². The van der Waals surface area contributed by atoms with Crippen LogP contribution in [0.5, 0.6) is 0 Å². The summed E-state index contributed by atoms with van der Waals surface area (Å²) in [5.74, 6) is 2.40. The minimum Gasteiger partial charge on any atom is -0.356 e. The molecule has 1 heterocycles. The molecule has 0 saturated carbocycles. The molecule has 1 unspecified atom stereocenters. The molecule has 0 aromatic carbocycles. The van der Waals surface area contributed by atoms with Crippen molar-refractivity contribution in [1.29, 1.82) is 0 Å². The lowest BCUT2D eigenvalue weighted by Gasteiger charge is -2.24. The molecule has 2 N–H and O–H groups in total. The number of hydrogen-bond donors (Lipinski definition) is 2. The summed E-state index contributed by atoms with van der Waals surface area (Å²) >= 11 is 1.93. The highest BCUT2D eigenvalue weighted by atomic mass is 32.2. The van der Waals surface area contributed by atoms with Gasteiger partial charge < -0.3 is 10.6 Å². The number of carbonyl (C=O) groups excluding carboxylic acids is 1. The van der Waals surface area contributed by atoms with E-state index in [9.17, 15) is 4.79 Å². The second-order valence-electron chi connectivity index (χ2n) is 5.27. The van der Waals surface area contributed by atoms with Crippen molar-refractivity contribution in [3.05, 3.63) is 0 Å². The van der Waals surface area contributed by atoms with Crippen molar-refractivity contribution in [2.75, 3.05) is 24.6 Å². The van der Waals surface area contributed by atoms with Gasteiger partial charge in [0, 0.05) is 37.1 Å². The van der Waals surface area contributed by atoms with Gasteiger partial charge in [0.1, 0.15) is 0 Å². The highest BCUT2D eigenvalue weighted by Crippen LogP contribution is 2.12. The SMILES string of the molecule is CC(C)(C)CNC(=O)CC1CSCCN1. The van der Waals surface area contributed by atoms with Crippen molar-refractivity contribution < 1.29 is 4.79 Å². The molecular weight excluding hydrogens is 208 g/mol. The third kappa shape index (κ3) is 6.05. The third-order valence-electron chi connectivity index (χ3n) is 2.25. The topological polar surface area (TPSA) is 41.1 Å². The minimum absolute atomic E-state index is 0.171. The molecule has 1 aliphatic rings.